The summed E-state index contributed by atoms with van der Waals surface area (Å²) in [5.41, 5.74) is 4.50. The summed E-state index contributed by atoms with van der Waals surface area (Å²) in [6.45, 7) is 9.95. The third-order valence-corrected chi connectivity index (χ3v) is 5.85. The molecule has 4 nitrogen and oxygen atoms in total. The average molecular weight is 344 g/mol. The molecule has 138 valence electrons. The molecular formula is C21H33N3O. The van der Waals surface area contributed by atoms with E-state index in [0.29, 0.717) is 0 Å². The van der Waals surface area contributed by atoms with Gasteiger partial charge in [-0.15, -0.1) is 0 Å². The van der Waals surface area contributed by atoms with Gasteiger partial charge >= 0.3 is 6.03 Å². The number of aryl methyl sites for hydroxylation is 3. The monoisotopic (exact) mass is 343 g/mol. The summed E-state index contributed by atoms with van der Waals surface area (Å²) in [6, 6.07) is 5.06. The summed E-state index contributed by atoms with van der Waals surface area (Å²) in [5.74, 6) is 0. The second kappa shape index (κ2) is 8.22. The van der Waals surface area contributed by atoms with E-state index in [1.807, 2.05) is 4.90 Å². The molecule has 3 rings (SSSR count). The molecule has 2 amide bonds. The molecule has 1 saturated carbocycles. The van der Waals surface area contributed by atoms with Gasteiger partial charge in [-0.2, -0.15) is 0 Å². The Morgan fingerprint density at radius 3 is 2.04 bits per heavy atom. The summed E-state index contributed by atoms with van der Waals surface area (Å²) >= 11 is 0. The molecule has 1 heterocycles. The maximum atomic E-state index is 12.7. The average Bonchev–Trinajstić information content (AvgIpc) is 2.87. The molecule has 0 bridgehead atoms. The van der Waals surface area contributed by atoms with E-state index in [9.17, 15) is 4.79 Å². The van der Waals surface area contributed by atoms with Gasteiger partial charge in [0.2, 0.25) is 0 Å². The normalized spacial score (nSPS) is 20.4. The zero-order valence-corrected chi connectivity index (χ0v) is 16.1. The number of urea groups is 1. The van der Waals surface area contributed by atoms with E-state index in [4.69, 9.17) is 0 Å². The van der Waals surface area contributed by atoms with Crippen LogP contribution in [0.3, 0.4) is 0 Å². The van der Waals surface area contributed by atoms with Crippen LogP contribution in [0.4, 0.5) is 10.5 Å². The van der Waals surface area contributed by atoms with Crippen LogP contribution in [0.1, 0.15) is 55.2 Å². The van der Waals surface area contributed by atoms with Gasteiger partial charge in [0.25, 0.3) is 0 Å². The highest BCUT2D eigenvalue weighted by atomic mass is 16.2. The number of nitrogens with one attached hydrogen (secondary N) is 1. The molecule has 1 saturated heterocycles. The molecule has 0 atom stereocenters. The van der Waals surface area contributed by atoms with Crippen molar-refractivity contribution in [1.29, 1.82) is 0 Å². The van der Waals surface area contributed by atoms with Crippen LogP contribution in [0.25, 0.3) is 0 Å². The van der Waals surface area contributed by atoms with Crippen LogP contribution in [-0.4, -0.2) is 48.1 Å². The third kappa shape index (κ3) is 4.55. The minimum absolute atomic E-state index is 0.0515. The number of benzene rings is 1. The second-order valence-electron chi connectivity index (χ2n) is 7.87. The van der Waals surface area contributed by atoms with Gasteiger partial charge in [0.1, 0.15) is 0 Å². The number of rotatable bonds is 2. The van der Waals surface area contributed by atoms with Crippen LogP contribution >= 0.6 is 0 Å². The summed E-state index contributed by atoms with van der Waals surface area (Å²) in [5, 5.41) is 3.15. The molecule has 1 N–H and O–H groups in total. The number of piperazine rings is 1. The lowest BCUT2D eigenvalue weighted by molar-refractivity contribution is 0.105. The summed E-state index contributed by atoms with van der Waals surface area (Å²) in [7, 11) is 0. The second-order valence-corrected chi connectivity index (χ2v) is 7.87. The smallest absolute Gasteiger partial charge is 0.321 e. The lowest BCUT2D eigenvalue weighted by atomic mass is 10.1. The maximum Gasteiger partial charge on any atom is 0.321 e. The van der Waals surface area contributed by atoms with Crippen LogP contribution in [0.2, 0.25) is 0 Å². The first-order valence-electron chi connectivity index (χ1n) is 9.92. The lowest BCUT2D eigenvalue weighted by Gasteiger charge is -2.39. The molecule has 2 aliphatic rings. The van der Waals surface area contributed by atoms with Crippen molar-refractivity contribution in [3.63, 3.8) is 0 Å². The van der Waals surface area contributed by atoms with E-state index in [1.54, 1.807) is 0 Å². The van der Waals surface area contributed by atoms with Gasteiger partial charge < -0.3 is 10.2 Å². The van der Waals surface area contributed by atoms with Crippen LogP contribution in [0.15, 0.2) is 12.1 Å². The Hall–Kier alpha value is -1.55. The maximum absolute atomic E-state index is 12.7. The summed E-state index contributed by atoms with van der Waals surface area (Å²) in [4.78, 5) is 17.3. The van der Waals surface area contributed by atoms with Gasteiger partial charge in [-0.25, -0.2) is 4.79 Å². The van der Waals surface area contributed by atoms with Crippen LogP contribution < -0.4 is 5.32 Å². The number of anilines is 1. The van der Waals surface area contributed by atoms with Gasteiger partial charge in [-0.05, 0) is 44.7 Å². The summed E-state index contributed by atoms with van der Waals surface area (Å²) < 4.78 is 0. The standard InChI is InChI=1S/C21H33N3O/c1-16-14-17(2)20(18(3)15-16)22-21(25)24-12-10-23(11-13-24)19-8-6-4-5-7-9-19/h14-15,19H,4-13H2,1-3H3,(H,22,25). The number of carbonyl (C=O) groups excluding carboxylic acids is 1. The topological polar surface area (TPSA) is 35.6 Å². The third-order valence-electron chi connectivity index (χ3n) is 5.85. The molecular weight excluding hydrogens is 310 g/mol. The number of carbonyl (C=O) groups is 1. The summed E-state index contributed by atoms with van der Waals surface area (Å²) in [6.07, 6.45) is 8.22. The molecule has 1 aliphatic carbocycles. The van der Waals surface area contributed by atoms with Gasteiger partial charge in [-0.3, -0.25) is 4.90 Å². The first-order valence-corrected chi connectivity index (χ1v) is 9.92. The first kappa shape index (κ1) is 18.2. The van der Waals surface area contributed by atoms with Crippen molar-refractivity contribution in [1.82, 2.24) is 9.80 Å². The Kier molecular flexibility index (Phi) is 6.00. The van der Waals surface area contributed by atoms with Crippen molar-refractivity contribution in [2.75, 3.05) is 31.5 Å². The van der Waals surface area contributed by atoms with E-state index in [2.05, 4.69) is 43.1 Å². The van der Waals surface area contributed by atoms with Gasteiger partial charge in [0.15, 0.2) is 0 Å². The van der Waals surface area contributed by atoms with Crippen molar-refractivity contribution >= 4 is 11.7 Å². The molecule has 0 radical (unpaired) electrons. The lowest BCUT2D eigenvalue weighted by Crippen LogP contribution is -2.52. The first-order chi connectivity index (χ1) is 12.0. The van der Waals surface area contributed by atoms with Crippen LogP contribution in [-0.2, 0) is 0 Å². The molecule has 0 aromatic heterocycles. The number of hydrogen-bond acceptors (Lipinski definition) is 2. The Bertz CT molecular complexity index is 574. The van der Waals surface area contributed by atoms with E-state index >= 15 is 0 Å². The van der Waals surface area contributed by atoms with Crippen molar-refractivity contribution in [3.8, 4) is 0 Å². The van der Waals surface area contributed by atoms with Crippen LogP contribution in [0.5, 0.6) is 0 Å². The molecule has 1 aliphatic heterocycles. The molecule has 0 spiro atoms. The highest BCUT2D eigenvalue weighted by Crippen LogP contribution is 2.24. The quantitative estimate of drug-likeness (QED) is 0.803. The molecule has 2 fully saturated rings. The zero-order chi connectivity index (χ0) is 17.8. The predicted molar refractivity (Wildman–Crippen MR) is 104 cm³/mol. The van der Waals surface area contributed by atoms with E-state index in [1.165, 1.54) is 44.1 Å². The largest absolute Gasteiger partial charge is 0.322 e. The minimum Gasteiger partial charge on any atom is -0.322 e. The highest BCUT2D eigenvalue weighted by Gasteiger charge is 2.26. The Morgan fingerprint density at radius 2 is 1.48 bits per heavy atom. The zero-order valence-electron chi connectivity index (χ0n) is 16.1. The van der Waals surface area contributed by atoms with Crippen LogP contribution in [0, 0.1) is 20.8 Å². The molecule has 25 heavy (non-hydrogen) atoms. The number of amides is 2. The number of hydrogen-bond donors (Lipinski definition) is 1. The van der Waals surface area contributed by atoms with E-state index in [-0.39, 0.29) is 6.03 Å². The Labute approximate surface area is 152 Å². The molecule has 0 unspecified atom stereocenters. The van der Waals surface area contributed by atoms with Crippen molar-refractivity contribution in [2.45, 2.75) is 65.3 Å². The highest BCUT2D eigenvalue weighted by molar-refractivity contribution is 5.91. The van der Waals surface area contributed by atoms with Gasteiger partial charge in [0.05, 0.1) is 0 Å². The van der Waals surface area contributed by atoms with Gasteiger partial charge in [0, 0.05) is 37.9 Å². The Morgan fingerprint density at radius 1 is 0.920 bits per heavy atom. The fourth-order valence-corrected chi connectivity index (χ4v) is 4.48. The van der Waals surface area contributed by atoms with Gasteiger partial charge in [-0.1, -0.05) is 43.4 Å². The minimum atomic E-state index is 0.0515. The molecule has 1 aromatic rings. The van der Waals surface area contributed by atoms with E-state index in [0.717, 1.165) is 49.0 Å². The Balaban J connectivity index is 1.55. The fourth-order valence-electron chi connectivity index (χ4n) is 4.48. The van der Waals surface area contributed by atoms with Crippen molar-refractivity contribution in [2.24, 2.45) is 0 Å². The van der Waals surface area contributed by atoms with E-state index < -0.39 is 0 Å². The van der Waals surface area contributed by atoms with Crippen molar-refractivity contribution in [3.05, 3.63) is 28.8 Å². The molecule has 4 heteroatoms. The van der Waals surface area contributed by atoms with Crippen molar-refractivity contribution < 1.29 is 4.79 Å². The fraction of sp³-hybridized carbons (Fsp3) is 0.667. The molecule has 1 aromatic carbocycles. The number of nitrogens with zero attached hydrogens (tertiary/aromatic N) is 2. The predicted octanol–water partition coefficient (Wildman–Crippen LogP) is 4.48. The SMILES string of the molecule is Cc1cc(C)c(NC(=O)N2CCN(C3CCCCCC3)CC2)c(C)c1.